The molecule has 9 heteroatoms. The standard InChI is InChI=1S/C24H29FN2O6/c1-4-32-20(29)12-33-24(31)17-11-27-14(3)5-6-15-21(27)16(23(17)30)9-18(25)22(15)26-8-7-19(28)13(2)10-26/h9,11,13-14,19,28H,4-8,10,12H2,1-3H3/t13-,14-,19-/m0/s1. The van der Waals surface area contributed by atoms with Crippen LogP contribution in [0, 0.1) is 11.7 Å². The lowest BCUT2D eigenvalue weighted by Crippen LogP contribution is -2.43. The third-order valence-corrected chi connectivity index (χ3v) is 6.65. The molecule has 2 aliphatic rings. The van der Waals surface area contributed by atoms with Gasteiger partial charge in [0.2, 0.25) is 5.43 Å². The average Bonchev–Trinajstić information content (AvgIpc) is 2.78. The molecule has 2 aromatic rings. The van der Waals surface area contributed by atoms with E-state index in [0.29, 0.717) is 43.6 Å². The van der Waals surface area contributed by atoms with Crippen LogP contribution in [0.2, 0.25) is 0 Å². The zero-order chi connectivity index (χ0) is 23.9. The van der Waals surface area contributed by atoms with Crippen molar-refractivity contribution in [3.8, 4) is 0 Å². The number of aliphatic hydroxyl groups excluding tert-OH is 1. The Morgan fingerprint density at radius 3 is 2.70 bits per heavy atom. The Morgan fingerprint density at radius 2 is 2.00 bits per heavy atom. The van der Waals surface area contributed by atoms with Crippen molar-refractivity contribution in [2.24, 2.45) is 5.92 Å². The van der Waals surface area contributed by atoms with E-state index in [0.717, 1.165) is 5.56 Å². The zero-order valence-electron chi connectivity index (χ0n) is 19.1. The summed E-state index contributed by atoms with van der Waals surface area (Å²) in [6.45, 7) is 6.14. The fraction of sp³-hybridized carbons (Fsp3) is 0.542. The molecule has 0 radical (unpaired) electrons. The highest BCUT2D eigenvalue weighted by atomic mass is 19.1. The van der Waals surface area contributed by atoms with Gasteiger partial charge in [-0.1, -0.05) is 6.92 Å². The quantitative estimate of drug-likeness (QED) is 0.685. The van der Waals surface area contributed by atoms with Gasteiger partial charge in [-0.05, 0) is 45.1 Å². The third-order valence-electron chi connectivity index (χ3n) is 6.65. The number of rotatable bonds is 5. The second-order valence-electron chi connectivity index (χ2n) is 8.91. The maximum atomic E-state index is 15.5. The largest absolute Gasteiger partial charge is 0.463 e. The van der Waals surface area contributed by atoms with Crippen molar-refractivity contribution in [1.82, 2.24) is 4.57 Å². The van der Waals surface area contributed by atoms with Crippen LogP contribution < -0.4 is 10.3 Å². The van der Waals surface area contributed by atoms with E-state index < -0.39 is 35.9 Å². The van der Waals surface area contributed by atoms with E-state index in [4.69, 9.17) is 9.47 Å². The molecule has 0 bridgehead atoms. The first kappa shape index (κ1) is 23.2. The zero-order valence-corrected chi connectivity index (χ0v) is 19.1. The van der Waals surface area contributed by atoms with Crippen molar-refractivity contribution in [2.75, 3.05) is 31.2 Å². The van der Waals surface area contributed by atoms with E-state index in [9.17, 15) is 19.5 Å². The molecule has 178 valence electrons. The summed E-state index contributed by atoms with van der Waals surface area (Å²) in [5, 5.41) is 10.2. The number of ether oxygens (including phenoxy) is 2. The van der Waals surface area contributed by atoms with E-state index >= 15 is 4.39 Å². The summed E-state index contributed by atoms with van der Waals surface area (Å²) < 4.78 is 27.0. The number of aromatic nitrogens is 1. The Bertz CT molecular complexity index is 1160. The minimum atomic E-state index is -0.943. The van der Waals surface area contributed by atoms with Crippen LogP contribution >= 0.6 is 0 Å². The molecule has 3 atom stereocenters. The first-order valence-electron chi connectivity index (χ1n) is 11.4. The SMILES string of the molecule is CCOC(=O)COC(=O)c1cn2c3c(c(N4CC[C@H](O)[C@@H](C)C4)c(F)cc3c1=O)CC[C@@H]2C. The second-order valence-corrected chi connectivity index (χ2v) is 8.91. The topological polar surface area (TPSA) is 98.1 Å². The van der Waals surface area contributed by atoms with Gasteiger partial charge in [-0.3, -0.25) is 4.79 Å². The van der Waals surface area contributed by atoms with Gasteiger partial charge in [-0.15, -0.1) is 0 Å². The number of pyridine rings is 1. The summed E-state index contributed by atoms with van der Waals surface area (Å²) in [4.78, 5) is 39.3. The van der Waals surface area contributed by atoms with Gasteiger partial charge in [0.1, 0.15) is 11.4 Å². The van der Waals surface area contributed by atoms with E-state index in [1.165, 1.54) is 12.3 Å². The van der Waals surface area contributed by atoms with Gasteiger partial charge >= 0.3 is 11.9 Å². The minimum absolute atomic E-state index is 0.00213. The maximum absolute atomic E-state index is 15.5. The fourth-order valence-corrected chi connectivity index (χ4v) is 4.86. The number of aliphatic hydroxyl groups is 1. The molecule has 1 N–H and O–H groups in total. The average molecular weight is 461 g/mol. The number of piperidine rings is 1. The second kappa shape index (κ2) is 9.13. The van der Waals surface area contributed by atoms with Crippen LogP contribution in [-0.4, -0.2) is 54.0 Å². The molecule has 0 spiro atoms. The molecular formula is C24H29FN2O6. The van der Waals surface area contributed by atoms with Crippen molar-refractivity contribution in [1.29, 1.82) is 0 Å². The fourth-order valence-electron chi connectivity index (χ4n) is 4.86. The predicted molar refractivity (Wildman–Crippen MR) is 120 cm³/mol. The molecule has 0 amide bonds. The highest BCUT2D eigenvalue weighted by Gasteiger charge is 2.32. The number of hydrogen-bond acceptors (Lipinski definition) is 7. The van der Waals surface area contributed by atoms with Crippen molar-refractivity contribution in [2.45, 2.75) is 52.2 Å². The monoisotopic (exact) mass is 460 g/mol. The highest BCUT2D eigenvalue weighted by molar-refractivity contribution is 5.97. The Morgan fingerprint density at radius 1 is 1.24 bits per heavy atom. The number of hydrogen-bond donors (Lipinski definition) is 1. The van der Waals surface area contributed by atoms with Crippen LogP contribution in [-0.2, 0) is 20.7 Å². The summed E-state index contributed by atoms with van der Waals surface area (Å²) >= 11 is 0. The number of carbonyl (C=O) groups excluding carboxylic acids is 2. The molecule has 0 saturated carbocycles. The molecule has 1 aromatic carbocycles. The summed E-state index contributed by atoms with van der Waals surface area (Å²) in [7, 11) is 0. The highest BCUT2D eigenvalue weighted by Crippen LogP contribution is 2.39. The summed E-state index contributed by atoms with van der Waals surface area (Å²) in [5.74, 6) is -2.17. The normalized spacial score (nSPS) is 22.3. The van der Waals surface area contributed by atoms with Crippen LogP contribution in [0.1, 0.15) is 55.6 Å². The van der Waals surface area contributed by atoms with Gasteiger partial charge in [0, 0.05) is 36.3 Å². The van der Waals surface area contributed by atoms with Gasteiger partial charge in [0.25, 0.3) is 0 Å². The lowest BCUT2D eigenvalue weighted by molar-refractivity contribution is -0.146. The summed E-state index contributed by atoms with van der Waals surface area (Å²) in [6, 6.07) is 1.18. The Balaban J connectivity index is 1.80. The van der Waals surface area contributed by atoms with Crippen LogP contribution in [0.15, 0.2) is 17.1 Å². The van der Waals surface area contributed by atoms with Crippen LogP contribution in [0.4, 0.5) is 10.1 Å². The lowest BCUT2D eigenvalue weighted by atomic mass is 9.91. The molecule has 0 aliphatic carbocycles. The molecule has 4 rings (SSSR count). The Kier molecular flexibility index (Phi) is 6.43. The third kappa shape index (κ3) is 4.21. The van der Waals surface area contributed by atoms with Gasteiger partial charge in [-0.2, -0.15) is 0 Å². The summed E-state index contributed by atoms with van der Waals surface area (Å²) in [5.41, 5.74) is 0.969. The van der Waals surface area contributed by atoms with Crippen LogP contribution in [0.25, 0.3) is 10.9 Å². The number of benzene rings is 1. The molecule has 3 heterocycles. The number of anilines is 1. The molecule has 1 saturated heterocycles. The number of aryl methyl sites for hydroxylation is 1. The van der Waals surface area contributed by atoms with Gasteiger partial charge in [0.05, 0.1) is 23.9 Å². The lowest BCUT2D eigenvalue weighted by Gasteiger charge is -2.38. The van der Waals surface area contributed by atoms with E-state index in [1.54, 1.807) is 6.92 Å². The van der Waals surface area contributed by atoms with Crippen molar-refractivity contribution < 1.29 is 28.6 Å². The molecule has 2 aliphatic heterocycles. The number of esters is 2. The van der Waals surface area contributed by atoms with E-state index in [1.807, 2.05) is 23.3 Å². The molecule has 1 fully saturated rings. The van der Waals surface area contributed by atoms with Crippen LogP contribution in [0.3, 0.4) is 0 Å². The predicted octanol–water partition coefficient (Wildman–Crippen LogP) is 2.57. The number of halogens is 1. The smallest absolute Gasteiger partial charge is 0.344 e. The molecule has 8 nitrogen and oxygen atoms in total. The van der Waals surface area contributed by atoms with Crippen molar-refractivity contribution >= 4 is 28.5 Å². The number of nitrogens with zero attached hydrogens (tertiary/aromatic N) is 2. The molecular weight excluding hydrogens is 431 g/mol. The van der Waals surface area contributed by atoms with Crippen molar-refractivity contribution in [3.63, 3.8) is 0 Å². The molecule has 0 unspecified atom stereocenters. The van der Waals surface area contributed by atoms with Crippen LogP contribution in [0.5, 0.6) is 0 Å². The van der Waals surface area contributed by atoms with E-state index in [2.05, 4.69) is 0 Å². The van der Waals surface area contributed by atoms with Crippen molar-refractivity contribution in [3.05, 3.63) is 39.4 Å². The first-order valence-corrected chi connectivity index (χ1v) is 11.4. The van der Waals surface area contributed by atoms with Gasteiger partial charge < -0.3 is 24.0 Å². The minimum Gasteiger partial charge on any atom is -0.463 e. The Labute approximate surface area is 190 Å². The summed E-state index contributed by atoms with van der Waals surface area (Å²) in [6.07, 6.45) is 2.90. The van der Waals surface area contributed by atoms with Gasteiger partial charge in [-0.25, -0.2) is 14.0 Å². The first-order chi connectivity index (χ1) is 15.7. The number of carbonyl (C=O) groups is 2. The van der Waals surface area contributed by atoms with Gasteiger partial charge in [0.15, 0.2) is 6.61 Å². The maximum Gasteiger partial charge on any atom is 0.344 e. The van der Waals surface area contributed by atoms with E-state index in [-0.39, 0.29) is 29.5 Å². The molecule has 1 aromatic heterocycles. The molecule has 33 heavy (non-hydrogen) atoms. The Hall–Kier alpha value is -2.94.